The van der Waals surface area contributed by atoms with Gasteiger partial charge in [-0.15, -0.1) is 0 Å². The highest BCUT2D eigenvalue weighted by atomic mass is 16.6. The van der Waals surface area contributed by atoms with Gasteiger partial charge in [-0.05, 0) is 18.6 Å². The Kier molecular flexibility index (Phi) is 2.17. The molecule has 0 unspecified atom stereocenters. The van der Waals surface area contributed by atoms with Crippen LogP contribution in [0.4, 0.5) is 5.69 Å². The normalized spacial score (nSPS) is 10.2. The molecule has 0 bridgehead atoms. The Labute approximate surface area is 85.3 Å². The molecule has 2 aromatic rings. The minimum absolute atomic E-state index is 0.0282. The van der Waals surface area contributed by atoms with E-state index in [1.165, 1.54) is 23.4 Å². The zero-order valence-electron chi connectivity index (χ0n) is 7.99. The predicted molar refractivity (Wildman–Crippen MR) is 52.8 cm³/mol. The molecule has 1 aromatic carbocycles. The summed E-state index contributed by atoms with van der Waals surface area (Å²) in [5.41, 5.74) is 1.29. The predicted octanol–water partition coefficient (Wildman–Crippen LogP) is 1.48. The maximum atomic E-state index is 10.8. The smallest absolute Gasteiger partial charge is 0.258 e. The number of aryl methyl sites for hydroxylation is 1. The van der Waals surface area contributed by atoms with Crippen LogP contribution in [0, 0.1) is 17.0 Å². The molecule has 0 saturated carbocycles. The lowest BCUT2D eigenvalue weighted by Gasteiger charge is -2.02. The molecule has 0 N–H and O–H groups in total. The van der Waals surface area contributed by atoms with E-state index in [1.54, 1.807) is 19.1 Å². The number of benzene rings is 1. The molecule has 0 fully saturated rings. The van der Waals surface area contributed by atoms with Crippen LogP contribution in [0.5, 0.6) is 0 Å². The number of hydrogen-bond acceptors (Lipinski definition) is 4. The van der Waals surface area contributed by atoms with E-state index in [4.69, 9.17) is 0 Å². The van der Waals surface area contributed by atoms with Crippen LogP contribution >= 0.6 is 0 Å². The lowest BCUT2D eigenvalue weighted by Crippen LogP contribution is -2.00. The van der Waals surface area contributed by atoms with Crippen molar-refractivity contribution in [3.05, 3.63) is 46.5 Å². The zero-order chi connectivity index (χ0) is 10.8. The fraction of sp³-hybridized carbons (Fsp3) is 0.111. The molecular formula is C9H8N4O2. The minimum atomic E-state index is -0.427. The Morgan fingerprint density at radius 2 is 2.27 bits per heavy atom. The van der Waals surface area contributed by atoms with Crippen molar-refractivity contribution in [2.24, 2.45) is 0 Å². The average molecular weight is 204 g/mol. The molecule has 6 nitrogen and oxygen atoms in total. The largest absolute Gasteiger partial charge is 0.295 e. The van der Waals surface area contributed by atoms with E-state index in [0.717, 1.165) is 5.56 Å². The van der Waals surface area contributed by atoms with Gasteiger partial charge in [-0.1, -0.05) is 6.07 Å². The molecule has 1 heterocycles. The van der Waals surface area contributed by atoms with Crippen molar-refractivity contribution in [1.82, 2.24) is 14.8 Å². The number of nitro groups is 1. The maximum absolute atomic E-state index is 10.8. The van der Waals surface area contributed by atoms with Gasteiger partial charge >= 0.3 is 0 Å². The van der Waals surface area contributed by atoms with Gasteiger partial charge in [-0.25, -0.2) is 9.67 Å². The van der Waals surface area contributed by atoms with Gasteiger partial charge in [0, 0.05) is 6.07 Å². The minimum Gasteiger partial charge on any atom is -0.258 e. The van der Waals surface area contributed by atoms with Crippen molar-refractivity contribution in [3.63, 3.8) is 0 Å². The number of aromatic nitrogens is 3. The van der Waals surface area contributed by atoms with Crippen molar-refractivity contribution in [1.29, 1.82) is 0 Å². The van der Waals surface area contributed by atoms with Gasteiger partial charge in [0.25, 0.3) is 5.69 Å². The van der Waals surface area contributed by atoms with Crippen molar-refractivity contribution >= 4 is 5.69 Å². The summed E-state index contributed by atoms with van der Waals surface area (Å²) in [4.78, 5) is 14.1. The van der Waals surface area contributed by atoms with Crippen LogP contribution in [0.15, 0.2) is 30.9 Å². The van der Waals surface area contributed by atoms with Crippen LogP contribution in [0.25, 0.3) is 5.69 Å². The van der Waals surface area contributed by atoms with E-state index < -0.39 is 4.92 Å². The highest BCUT2D eigenvalue weighted by molar-refractivity contribution is 5.53. The topological polar surface area (TPSA) is 73.8 Å². The third-order valence-corrected chi connectivity index (χ3v) is 1.99. The number of nitro benzene ring substituents is 1. The van der Waals surface area contributed by atoms with E-state index in [2.05, 4.69) is 10.1 Å². The lowest BCUT2D eigenvalue weighted by molar-refractivity contribution is -0.384. The van der Waals surface area contributed by atoms with E-state index in [9.17, 15) is 10.1 Å². The van der Waals surface area contributed by atoms with E-state index >= 15 is 0 Å². The van der Waals surface area contributed by atoms with E-state index in [0.29, 0.717) is 5.69 Å². The Hall–Kier alpha value is -2.24. The van der Waals surface area contributed by atoms with Crippen LogP contribution in [0.1, 0.15) is 5.56 Å². The highest BCUT2D eigenvalue weighted by Gasteiger charge is 2.15. The number of hydrogen-bond donors (Lipinski definition) is 0. The van der Waals surface area contributed by atoms with E-state index in [-0.39, 0.29) is 5.69 Å². The monoisotopic (exact) mass is 204 g/mol. The summed E-state index contributed by atoms with van der Waals surface area (Å²) in [7, 11) is 0. The summed E-state index contributed by atoms with van der Waals surface area (Å²) >= 11 is 0. The van der Waals surface area contributed by atoms with Gasteiger partial charge in [0.1, 0.15) is 18.3 Å². The lowest BCUT2D eigenvalue weighted by atomic mass is 10.2. The molecule has 0 saturated heterocycles. The quantitative estimate of drug-likeness (QED) is 0.548. The van der Waals surface area contributed by atoms with Crippen molar-refractivity contribution in [2.75, 3.05) is 0 Å². The number of nitrogens with zero attached hydrogens (tertiary/aromatic N) is 4. The second kappa shape index (κ2) is 3.49. The summed E-state index contributed by atoms with van der Waals surface area (Å²) in [6.45, 7) is 1.80. The van der Waals surface area contributed by atoms with Crippen LogP contribution in [-0.4, -0.2) is 19.7 Å². The molecule has 76 valence electrons. The van der Waals surface area contributed by atoms with Crippen molar-refractivity contribution < 1.29 is 4.92 Å². The Balaban J connectivity index is 2.61. The fourth-order valence-corrected chi connectivity index (χ4v) is 1.31. The van der Waals surface area contributed by atoms with Gasteiger partial charge in [0.15, 0.2) is 0 Å². The van der Waals surface area contributed by atoms with Gasteiger partial charge in [0.2, 0.25) is 0 Å². The first-order valence-electron chi connectivity index (χ1n) is 4.28. The third kappa shape index (κ3) is 1.69. The molecule has 0 atom stereocenters. The Morgan fingerprint density at radius 3 is 2.87 bits per heavy atom. The van der Waals surface area contributed by atoms with Crippen LogP contribution in [0.2, 0.25) is 0 Å². The summed E-state index contributed by atoms with van der Waals surface area (Å²) in [6.07, 6.45) is 2.77. The molecule has 0 aliphatic heterocycles. The van der Waals surface area contributed by atoms with E-state index in [1.807, 2.05) is 0 Å². The molecule has 2 rings (SSSR count). The first kappa shape index (κ1) is 9.32. The fourth-order valence-electron chi connectivity index (χ4n) is 1.31. The Morgan fingerprint density at radius 1 is 1.47 bits per heavy atom. The second-order valence-electron chi connectivity index (χ2n) is 3.09. The summed E-state index contributed by atoms with van der Waals surface area (Å²) in [6, 6.07) is 4.96. The highest BCUT2D eigenvalue weighted by Crippen LogP contribution is 2.22. The van der Waals surface area contributed by atoms with Gasteiger partial charge < -0.3 is 0 Å². The molecule has 6 heteroatoms. The maximum Gasteiger partial charge on any atom is 0.295 e. The molecule has 0 aliphatic carbocycles. The SMILES string of the molecule is Cc1ccc(-n2cncn2)c([N+](=O)[O-])c1. The van der Waals surface area contributed by atoms with Gasteiger partial charge in [-0.2, -0.15) is 5.10 Å². The molecule has 0 spiro atoms. The second-order valence-corrected chi connectivity index (χ2v) is 3.09. The molecule has 0 radical (unpaired) electrons. The summed E-state index contributed by atoms with van der Waals surface area (Å²) in [5, 5.41) is 14.7. The third-order valence-electron chi connectivity index (χ3n) is 1.99. The van der Waals surface area contributed by atoms with Crippen LogP contribution in [-0.2, 0) is 0 Å². The molecule has 0 aliphatic rings. The van der Waals surface area contributed by atoms with Crippen molar-refractivity contribution in [2.45, 2.75) is 6.92 Å². The molecule has 15 heavy (non-hydrogen) atoms. The molecular weight excluding hydrogens is 196 g/mol. The summed E-state index contributed by atoms with van der Waals surface area (Å²) < 4.78 is 1.37. The van der Waals surface area contributed by atoms with Crippen LogP contribution in [0.3, 0.4) is 0 Å². The van der Waals surface area contributed by atoms with Gasteiger partial charge in [-0.3, -0.25) is 10.1 Å². The average Bonchev–Trinajstić information content (AvgIpc) is 2.70. The molecule has 1 aromatic heterocycles. The zero-order valence-corrected chi connectivity index (χ0v) is 7.99. The van der Waals surface area contributed by atoms with Crippen molar-refractivity contribution in [3.8, 4) is 5.69 Å². The summed E-state index contributed by atoms with van der Waals surface area (Å²) in [5.74, 6) is 0. The first-order valence-corrected chi connectivity index (χ1v) is 4.28. The molecule has 0 amide bonds. The van der Waals surface area contributed by atoms with Crippen LogP contribution < -0.4 is 0 Å². The standard InChI is InChI=1S/C9H8N4O2/c1-7-2-3-8(9(4-7)13(14)15)12-6-10-5-11-12/h2-6H,1H3. The first-order chi connectivity index (χ1) is 7.18. The Bertz CT molecular complexity index is 493. The van der Waals surface area contributed by atoms with Gasteiger partial charge in [0.05, 0.1) is 4.92 Å². The number of rotatable bonds is 2.